The zero-order valence-corrected chi connectivity index (χ0v) is 18.4. The molecule has 1 N–H and O–H groups in total. The predicted molar refractivity (Wildman–Crippen MR) is 122 cm³/mol. The van der Waals surface area contributed by atoms with Gasteiger partial charge in [0.2, 0.25) is 5.91 Å². The lowest BCUT2D eigenvalue weighted by molar-refractivity contribution is -0.140. The number of nitrogens with zero attached hydrogens (tertiary/aromatic N) is 3. The summed E-state index contributed by atoms with van der Waals surface area (Å²) < 4.78 is 11.1. The van der Waals surface area contributed by atoms with Crippen molar-refractivity contribution in [3.63, 3.8) is 0 Å². The Labute approximate surface area is 188 Å². The Bertz CT molecular complexity index is 965. The van der Waals surface area contributed by atoms with E-state index in [1.807, 2.05) is 37.3 Å². The number of morpholine rings is 1. The molecule has 0 radical (unpaired) electrons. The highest BCUT2D eigenvalue weighted by Crippen LogP contribution is 2.19. The van der Waals surface area contributed by atoms with Crippen molar-refractivity contribution in [2.75, 3.05) is 49.6 Å². The first-order valence-electron chi connectivity index (χ1n) is 10.7. The number of rotatable bonds is 8. The van der Waals surface area contributed by atoms with Crippen molar-refractivity contribution >= 4 is 23.2 Å². The fourth-order valence-electron chi connectivity index (χ4n) is 3.45. The molecule has 8 nitrogen and oxygen atoms in total. The van der Waals surface area contributed by atoms with Crippen LogP contribution in [0.5, 0.6) is 5.75 Å². The van der Waals surface area contributed by atoms with E-state index in [-0.39, 0.29) is 18.4 Å². The number of hydrogen-bond donors (Lipinski definition) is 1. The molecule has 0 spiro atoms. The average Bonchev–Trinajstić information content (AvgIpc) is 2.83. The van der Waals surface area contributed by atoms with Crippen molar-refractivity contribution in [3.05, 3.63) is 54.1 Å². The number of benzene rings is 2. The van der Waals surface area contributed by atoms with Crippen molar-refractivity contribution in [1.82, 2.24) is 4.90 Å². The van der Waals surface area contributed by atoms with Gasteiger partial charge in [0, 0.05) is 31.0 Å². The van der Waals surface area contributed by atoms with Gasteiger partial charge in [-0.2, -0.15) is 5.26 Å². The van der Waals surface area contributed by atoms with Crippen molar-refractivity contribution in [3.8, 4) is 11.8 Å². The monoisotopic (exact) mass is 436 g/mol. The maximum Gasteiger partial charge on any atom is 0.263 e. The van der Waals surface area contributed by atoms with Crippen molar-refractivity contribution in [1.29, 1.82) is 5.26 Å². The predicted octanol–water partition coefficient (Wildman–Crippen LogP) is 2.65. The Balaban J connectivity index is 1.54. The minimum atomic E-state index is -0.788. The van der Waals surface area contributed by atoms with Gasteiger partial charge in [0.25, 0.3) is 5.91 Å². The van der Waals surface area contributed by atoms with E-state index in [0.717, 1.165) is 18.8 Å². The van der Waals surface area contributed by atoms with E-state index in [1.54, 1.807) is 31.2 Å². The van der Waals surface area contributed by atoms with Crippen LogP contribution in [0.4, 0.5) is 11.4 Å². The molecule has 1 saturated heterocycles. The molecule has 8 heteroatoms. The molecule has 2 aromatic rings. The highest BCUT2D eigenvalue weighted by Gasteiger charge is 2.23. The zero-order chi connectivity index (χ0) is 22.9. The topological polar surface area (TPSA) is 94.9 Å². The third-order valence-electron chi connectivity index (χ3n) is 5.18. The number of carbonyl (C=O) groups excluding carboxylic acids is 2. The van der Waals surface area contributed by atoms with Crippen LogP contribution >= 0.6 is 0 Å². The summed E-state index contributed by atoms with van der Waals surface area (Å²) in [4.78, 5) is 29.0. The van der Waals surface area contributed by atoms with E-state index in [1.165, 1.54) is 4.90 Å². The number of amides is 2. The Morgan fingerprint density at radius 2 is 1.94 bits per heavy atom. The molecule has 1 unspecified atom stereocenters. The first kappa shape index (κ1) is 23.1. The van der Waals surface area contributed by atoms with Gasteiger partial charge in [-0.25, -0.2) is 0 Å². The van der Waals surface area contributed by atoms with Crippen LogP contribution < -0.4 is 15.0 Å². The molecule has 3 rings (SSSR count). The summed E-state index contributed by atoms with van der Waals surface area (Å²) in [5.41, 5.74) is 2.21. The third-order valence-corrected chi connectivity index (χ3v) is 5.18. The van der Waals surface area contributed by atoms with Gasteiger partial charge in [-0.15, -0.1) is 0 Å². The van der Waals surface area contributed by atoms with Crippen molar-refractivity contribution in [2.24, 2.45) is 0 Å². The molecule has 1 aliphatic heterocycles. The van der Waals surface area contributed by atoms with Crippen LogP contribution in [0.2, 0.25) is 0 Å². The van der Waals surface area contributed by atoms with Crippen LogP contribution in [0, 0.1) is 11.3 Å². The molecule has 32 heavy (non-hydrogen) atoms. The standard InChI is InChI=1S/C24H28N4O4/c1-3-27(24(30)18(2)32-22-6-4-5-19(15-22)16-25)17-23(29)26-20-7-9-21(10-8-20)28-11-13-31-14-12-28/h4-10,15,18H,3,11-14,17H2,1-2H3,(H,26,29). The van der Waals surface area contributed by atoms with E-state index in [2.05, 4.69) is 10.2 Å². The first-order chi connectivity index (χ1) is 15.5. The summed E-state index contributed by atoms with van der Waals surface area (Å²) in [7, 11) is 0. The highest BCUT2D eigenvalue weighted by molar-refractivity contribution is 5.95. The molecule has 0 aromatic heterocycles. The molecule has 1 aliphatic rings. The maximum absolute atomic E-state index is 12.8. The molecule has 0 aliphatic carbocycles. The Kier molecular flexibility index (Phi) is 8.06. The number of nitrogens with one attached hydrogen (secondary N) is 1. The molecule has 1 atom stereocenters. The first-order valence-corrected chi connectivity index (χ1v) is 10.7. The lowest BCUT2D eigenvalue weighted by Gasteiger charge is -2.29. The van der Waals surface area contributed by atoms with Crippen LogP contribution in [-0.4, -0.2) is 62.2 Å². The van der Waals surface area contributed by atoms with Crippen LogP contribution in [0.1, 0.15) is 19.4 Å². The average molecular weight is 437 g/mol. The van der Waals surface area contributed by atoms with E-state index in [4.69, 9.17) is 14.7 Å². The van der Waals surface area contributed by atoms with Crippen LogP contribution in [-0.2, 0) is 14.3 Å². The fraction of sp³-hybridized carbons (Fsp3) is 0.375. The van der Waals surface area contributed by atoms with E-state index in [0.29, 0.717) is 36.8 Å². The quantitative estimate of drug-likeness (QED) is 0.684. The van der Waals surface area contributed by atoms with Gasteiger partial charge in [0.15, 0.2) is 6.10 Å². The Morgan fingerprint density at radius 1 is 1.22 bits per heavy atom. The molecule has 1 heterocycles. The SMILES string of the molecule is CCN(CC(=O)Nc1ccc(N2CCOCC2)cc1)C(=O)C(C)Oc1cccc(C#N)c1. The van der Waals surface area contributed by atoms with Crippen molar-refractivity contribution < 1.29 is 19.1 Å². The van der Waals surface area contributed by atoms with Gasteiger partial charge in [-0.3, -0.25) is 9.59 Å². The molecule has 1 fully saturated rings. The van der Waals surface area contributed by atoms with Crippen LogP contribution in [0.3, 0.4) is 0 Å². The third kappa shape index (κ3) is 6.22. The zero-order valence-electron chi connectivity index (χ0n) is 18.4. The lowest BCUT2D eigenvalue weighted by Crippen LogP contribution is -2.44. The molecule has 2 aromatic carbocycles. The highest BCUT2D eigenvalue weighted by atomic mass is 16.5. The summed E-state index contributed by atoms with van der Waals surface area (Å²) in [6.45, 7) is 6.86. The lowest BCUT2D eigenvalue weighted by atomic mass is 10.2. The summed E-state index contributed by atoms with van der Waals surface area (Å²) in [6.07, 6.45) is -0.788. The van der Waals surface area contributed by atoms with E-state index >= 15 is 0 Å². The van der Waals surface area contributed by atoms with E-state index < -0.39 is 6.10 Å². The summed E-state index contributed by atoms with van der Waals surface area (Å²) in [5, 5.41) is 11.8. The summed E-state index contributed by atoms with van der Waals surface area (Å²) >= 11 is 0. The van der Waals surface area contributed by atoms with Gasteiger partial charge in [0.1, 0.15) is 5.75 Å². The second-order valence-electron chi connectivity index (χ2n) is 7.45. The molecule has 0 bridgehead atoms. The molecule has 168 valence electrons. The maximum atomic E-state index is 12.8. The number of anilines is 2. The summed E-state index contributed by atoms with van der Waals surface area (Å²) in [6, 6.07) is 16.3. The largest absolute Gasteiger partial charge is 0.481 e. The minimum absolute atomic E-state index is 0.0769. The second-order valence-corrected chi connectivity index (χ2v) is 7.45. The number of nitriles is 1. The smallest absolute Gasteiger partial charge is 0.263 e. The molecule has 0 saturated carbocycles. The van der Waals surface area contributed by atoms with Crippen molar-refractivity contribution in [2.45, 2.75) is 20.0 Å². The number of likely N-dealkylation sites (N-methyl/N-ethyl adjacent to an activating group) is 1. The number of hydrogen-bond acceptors (Lipinski definition) is 6. The minimum Gasteiger partial charge on any atom is -0.481 e. The van der Waals surface area contributed by atoms with Gasteiger partial charge in [-0.1, -0.05) is 6.07 Å². The van der Waals surface area contributed by atoms with Gasteiger partial charge >= 0.3 is 0 Å². The Hall–Kier alpha value is -3.57. The van der Waals surface area contributed by atoms with Gasteiger partial charge < -0.3 is 24.6 Å². The van der Waals surface area contributed by atoms with Gasteiger partial charge in [-0.05, 0) is 56.3 Å². The van der Waals surface area contributed by atoms with E-state index in [9.17, 15) is 9.59 Å². The molecular formula is C24H28N4O4. The van der Waals surface area contributed by atoms with Gasteiger partial charge in [0.05, 0.1) is 31.4 Å². The molecular weight excluding hydrogens is 408 g/mol. The second kappa shape index (κ2) is 11.2. The number of ether oxygens (including phenoxy) is 2. The molecule has 2 amide bonds. The fourth-order valence-corrected chi connectivity index (χ4v) is 3.45. The normalized spacial score (nSPS) is 14.2. The Morgan fingerprint density at radius 3 is 2.59 bits per heavy atom. The number of carbonyl (C=O) groups is 2. The van der Waals surface area contributed by atoms with Crippen LogP contribution in [0.25, 0.3) is 0 Å². The summed E-state index contributed by atoms with van der Waals surface area (Å²) in [5.74, 6) is -0.142. The van der Waals surface area contributed by atoms with Crippen LogP contribution in [0.15, 0.2) is 48.5 Å².